The number of aromatic nitrogens is 3. The fraction of sp³-hybridized carbons (Fsp3) is 0.238. The molecule has 0 saturated heterocycles. The van der Waals surface area contributed by atoms with Gasteiger partial charge >= 0.3 is 0 Å². The molecule has 1 fully saturated rings. The average molecular weight is 442 g/mol. The molecule has 9 heteroatoms. The van der Waals surface area contributed by atoms with Crippen molar-refractivity contribution in [1.29, 1.82) is 0 Å². The Morgan fingerprint density at radius 1 is 1.23 bits per heavy atom. The molecule has 0 atom stereocenters. The van der Waals surface area contributed by atoms with E-state index in [1.165, 1.54) is 11.8 Å². The van der Waals surface area contributed by atoms with Gasteiger partial charge in [-0.1, -0.05) is 35.5 Å². The van der Waals surface area contributed by atoms with Crippen LogP contribution in [0, 0.1) is 6.92 Å². The molecule has 2 N–H and O–H groups in total. The highest BCUT2D eigenvalue weighted by Gasteiger charge is 2.24. The zero-order chi connectivity index (χ0) is 21.1. The van der Waals surface area contributed by atoms with Crippen LogP contribution >= 0.6 is 23.4 Å². The molecule has 4 rings (SSSR count). The van der Waals surface area contributed by atoms with Crippen LogP contribution in [0.15, 0.2) is 53.9 Å². The second kappa shape index (κ2) is 8.89. The fourth-order valence-electron chi connectivity index (χ4n) is 2.84. The smallest absolute Gasteiger partial charge is 0.251 e. The van der Waals surface area contributed by atoms with Crippen molar-refractivity contribution in [3.8, 4) is 5.69 Å². The van der Waals surface area contributed by atoms with Crippen LogP contribution < -0.4 is 10.6 Å². The van der Waals surface area contributed by atoms with E-state index in [-0.39, 0.29) is 23.6 Å². The van der Waals surface area contributed by atoms with Gasteiger partial charge in [0.05, 0.1) is 11.4 Å². The molecule has 1 aliphatic carbocycles. The van der Waals surface area contributed by atoms with E-state index in [0.717, 1.165) is 24.1 Å². The van der Waals surface area contributed by atoms with E-state index in [0.29, 0.717) is 21.4 Å². The normalized spacial score (nSPS) is 13.1. The average Bonchev–Trinajstić information content (AvgIpc) is 3.41. The van der Waals surface area contributed by atoms with Crippen molar-refractivity contribution in [3.05, 3.63) is 64.9 Å². The third-order valence-electron chi connectivity index (χ3n) is 4.62. The van der Waals surface area contributed by atoms with Crippen molar-refractivity contribution in [2.45, 2.75) is 31.0 Å². The fourth-order valence-corrected chi connectivity index (χ4v) is 3.75. The number of hydrogen-bond donors (Lipinski definition) is 2. The van der Waals surface area contributed by atoms with Gasteiger partial charge in [-0.15, -0.1) is 10.2 Å². The van der Waals surface area contributed by atoms with Crippen LogP contribution in [0.4, 0.5) is 5.69 Å². The Balaban J connectivity index is 1.40. The lowest BCUT2D eigenvalue weighted by atomic mass is 10.1. The maximum absolute atomic E-state index is 12.5. The number of thioether (sulfide) groups is 1. The van der Waals surface area contributed by atoms with Gasteiger partial charge in [-0.25, -0.2) is 0 Å². The lowest BCUT2D eigenvalue weighted by Crippen LogP contribution is -2.25. The minimum Gasteiger partial charge on any atom is -0.349 e. The zero-order valence-corrected chi connectivity index (χ0v) is 17.8. The van der Waals surface area contributed by atoms with E-state index < -0.39 is 0 Å². The van der Waals surface area contributed by atoms with Gasteiger partial charge in [0.1, 0.15) is 6.33 Å². The number of hydrogen-bond acceptors (Lipinski definition) is 5. The third kappa shape index (κ3) is 5.01. The van der Waals surface area contributed by atoms with Crippen molar-refractivity contribution < 1.29 is 9.59 Å². The molecule has 0 radical (unpaired) electrons. The van der Waals surface area contributed by atoms with E-state index in [2.05, 4.69) is 20.8 Å². The zero-order valence-electron chi connectivity index (χ0n) is 16.3. The first-order chi connectivity index (χ1) is 14.5. The highest BCUT2D eigenvalue weighted by Crippen LogP contribution is 2.23. The minimum absolute atomic E-state index is 0.114. The molecule has 3 aromatic rings. The summed E-state index contributed by atoms with van der Waals surface area (Å²) in [6.45, 7) is 1.89. The summed E-state index contributed by atoms with van der Waals surface area (Å²) in [7, 11) is 0. The Hall–Kier alpha value is -2.84. The number of rotatable bonds is 7. The van der Waals surface area contributed by atoms with Crippen LogP contribution in [0.5, 0.6) is 0 Å². The first-order valence-corrected chi connectivity index (χ1v) is 10.9. The summed E-state index contributed by atoms with van der Waals surface area (Å²) in [5.41, 5.74) is 2.87. The summed E-state index contributed by atoms with van der Waals surface area (Å²) in [6.07, 6.45) is 3.63. The topological polar surface area (TPSA) is 88.9 Å². The Morgan fingerprint density at radius 3 is 2.83 bits per heavy atom. The SMILES string of the molecule is Cc1ccc(C(=O)NC2CC2)cc1NC(=O)CSc1nncn1-c1cccc(Cl)c1. The van der Waals surface area contributed by atoms with E-state index in [1.54, 1.807) is 35.2 Å². The molecule has 0 aliphatic heterocycles. The highest BCUT2D eigenvalue weighted by atomic mass is 35.5. The Bertz CT molecular complexity index is 1100. The van der Waals surface area contributed by atoms with Gasteiger partial charge in [-0.3, -0.25) is 14.2 Å². The molecular weight excluding hydrogens is 422 g/mol. The molecule has 0 bridgehead atoms. The minimum atomic E-state index is -0.191. The Labute approximate surface area is 183 Å². The highest BCUT2D eigenvalue weighted by molar-refractivity contribution is 7.99. The molecule has 2 amide bonds. The summed E-state index contributed by atoms with van der Waals surface area (Å²) in [6, 6.07) is 12.9. The number of carbonyl (C=O) groups excluding carboxylic acids is 2. The molecule has 30 heavy (non-hydrogen) atoms. The number of aryl methyl sites for hydroxylation is 1. The molecule has 7 nitrogen and oxygen atoms in total. The lowest BCUT2D eigenvalue weighted by molar-refractivity contribution is -0.113. The van der Waals surface area contributed by atoms with Crippen molar-refractivity contribution in [2.24, 2.45) is 0 Å². The number of anilines is 1. The summed E-state index contributed by atoms with van der Waals surface area (Å²) in [5, 5.41) is 15.1. The number of benzene rings is 2. The molecule has 1 saturated carbocycles. The van der Waals surface area contributed by atoms with Gasteiger partial charge in [0.15, 0.2) is 5.16 Å². The molecular formula is C21H20ClN5O2S. The van der Waals surface area contributed by atoms with Crippen LogP contribution in [-0.2, 0) is 4.79 Å². The summed E-state index contributed by atoms with van der Waals surface area (Å²) >= 11 is 7.33. The Morgan fingerprint density at radius 2 is 2.07 bits per heavy atom. The number of halogens is 1. The molecule has 154 valence electrons. The largest absolute Gasteiger partial charge is 0.349 e. The number of carbonyl (C=O) groups is 2. The summed E-state index contributed by atoms with van der Waals surface area (Å²) < 4.78 is 1.78. The summed E-state index contributed by atoms with van der Waals surface area (Å²) in [4.78, 5) is 24.8. The molecule has 0 unspecified atom stereocenters. The van der Waals surface area contributed by atoms with Gasteiger partial charge < -0.3 is 10.6 Å². The molecule has 1 heterocycles. The molecule has 1 aliphatic rings. The monoisotopic (exact) mass is 441 g/mol. The van der Waals surface area contributed by atoms with Crippen molar-refractivity contribution in [2.75, 3.05) is 11.1 Å². The number of nitrogens with zero attached hydrogens (tertiary/aromatic N) is 3. The predicted octanol–water partition coefficient (Wildman–Crippen LogP) is 3.85. The number of nitrogens with one attached hydrogen (secondary N) is 2. The quantitative estimate of drug-likeness (QED) is 0.543. The van der Waals surface area contributed by atoms with Crippen LogP contribution in [0.1, 0.15) is 28.8 Å². The second-order valence-corrected chi connectivity index (χ2v) is 8.46. The van der Waals surface area contributed by atoms with Gasteiger partial charge in [0.2, 0.25) is 5.91 Å². The van der Waals surface area contributed by atoms with E-state index >= 15 is 0 Å². The standard InChI is InChI=1S/C21H20ClN5O2S/c1-13-5-6-14(20(29)24-16-7-8-16)9-18(13)25-19(28)11-30-21-26-23-12-27(21)17-4-2-3-15(22)10-17/h2-6,9-10,12,16H,7-8,11H2,1H3,(H,24,29)(H,25,28). The van der Waals surface area contributed by atoms with Crippen molar-refractivity contribution in [3.63, 3.8) is 0 Å². The van der Waals surface area contributed by atoms with E-state index in [9.17, 15) is 9.59 Å². The van der Waals surface area contributed by atoms with Crippen molar-refractivity contribution in [1.82, 2.24) is 20.1 Å². The number of amides is 2. The second-order valence-electron chi connectivity index (χ2n) is 7.08. The first kappa shape index (κ1) is 20.4. The van der Waals surface area contributed by atoms with E-state index in [1.807, 2.05) is 25.1 Å². The van der Waals surface area contributed by atoms with Crippen LogP contribution in [-0.4, -0.2) is 38.4 Å². The molecule has 0 spiro atoms. The van der Waals surface area contributed by atoms with Gasteiger partial charge in [0.25, 0.3) is 5.91 Å². The lowest BCUT2D eigenvalue weighted by Gasteiger charge is -2.11. The van der Waals surface area contributed by atoms with Crippen LogP contribution in [0.25, 0.3) is 5.69 Å². The Kier molecular flexibility index (Phi) is 6.06. The predicted molar refractivity (Wildman–Crippen MR) is 117 cm³/mol. The van der Waals surface area contributed by atoms with Gasteiger partial charge in [-0.2, -0.15) is 0 Å². The first-order valence-electron chi connectivity index (χ1n) is 9.50. The van der Waals surface area contributed by atoms with Crippen LogP contribution in [0.3, 0.4) is 0 Å². The third-order valence-corrected chi connectivity index (χ3v) is 5.80. The molecule has 1 aromatic heterocycles. The van der Waals surface area contributed by atoms with Crippen LogP contribution in [0.2, 0.25) is 5.02 Å². The van der Waals surface area contributed by atoms with Gasteiger partial charge in [0, 0.05) is 22.3 Å². The van der Waals surface area contributed by atoms with E-state index in [4.69, 9.17) is 11.6 Å². The summed E-state index contributed by atoms with van der Waals surface area (Å²) in [5.74, 6) is -0.155. The molecule has 2 aromatic carbocycles. The maximum atomic E-state index is 12.5. The van der Waals surface area contributed by atoms with Gasteiger partial charge in [-0.05, 0) is 55.7 Å². The maximum Gasteiger partial charge on any atom is 0.251 e. The van der Waals surface area contributed by atoms with Crippen molar-refractivity contribution >= 4 is 40.9 Å².